The molecule has 0 radical (unpaired) electrons. The highest BCUT2D eigenvalue weighted by Crippen LogP contribution is 2.36. The quantitative estimate of drug-likeness (QED) is 0.410. The number of anilines is 1. The van der Waals surface area contributed by atoms with E-state index in [4.69, 9.17) is 11.5 Å². The number of phenolic OH excluding ortho intramolecular Hbond substituents is 1. The van der Waals surface area contributed by atoms with Gasteiger partial charge in [-0.2, -0.15) is 0 Å². The third kappa shape index (κ3) is 1.95. The molecule has 20 heavy (non-hydrogen) atoms. The number of aliphatic imine (C=N–C) groups is 1. The molecule has 104 valence electrons. The van der Waals surface area contributed by atoms with Crippen molar-refractivity contribution in [2.45, 2.75) is 12.5 Å². The number of aromatic hydroxyl groups is 1. The van der Waals surface area contributed by atoms with Crippen LogP contribution in [0.15, 0.2) is 46.5 Å². The number of aliphatic hydroxyl groups is 1. The zero-order valence-electron chi connectivity index (χ0n) is 10.7. The molecule has 0 aromatic heterocycles. The number of benzene rings is 1. The number of nitrogen functional groups attached to an aromatic ring is 1. The maximum Gasteiger partial charge on any atom is 0.138 e. The van der Waals surface area contributed by atoms with Crippen molar-refractivity contribution < 1.29 is 10.2 Å². The zero-order valence-corrected chi connectivity index (χ0v) is 10.7. The van der Waals surface area contributed by atoms with Crippen LogP contribution in [0.5, 0.6) is 5.75 Å². The van der Waals surface area contributed by atoms with E-state index in [9.17, 15) is 10.2 Å². The van der Waals surface area contributed by atoms with E-state index in [1.54, 1.807) is 30.6 Å². The largest absolute Gasteiger partial charge is 0.510 e. The molecule has 7 N–H and O–H groups in total. The van der Waals surface area contributed by atoms with Crippen molar-refractivity contribution >= 4 is 11.9 Å². The molecule has 0 bridgehead atoms. The molecule has 1 aliphatic carbocycles. The van der Waals surface area contributed by atoms with Gasteiger partial charge in [0, 0.05) is 18.8 Å². The van der Waals surface area contributed by atoms with Crippen LogP contribution < -0.4 is 16.8 Å². The Morgan fingerprint density at radius 2 is 2.05 bits per heavy atom. The number of rotatable bonds is 2. The van der Waals surface area contributed by atoms with Crippen LogP contribution >= 0.6 is 0 Å². The molecular weight excluding hydrogens is 256 g/mol. The number of nitrogens with two attached hydrogens (primary N) is 2. The average Bonchev–Trinajstić information content (AvgIpc) is 2.47. The number of aliphatic hydroxyl groups excluding tert-OH is 1. The summed E-state index contributed by atoms with van der Waals surface area (Å²) in [7, 11) is 0. The summed E-state index contributed by atoms with van der Waals surface area (Å²) in [6, 6.07) is 4.96. The molecule has 2 aliphatic rings. The number of hydrogen-bond acceptors (Lipinski definition) is 6. The van der Waals surface area contributed by atoms with Crippen LogP contribution in [0.25, 0.3) is 0 Å². The van der Waals surface area contributed by atoms with Crippen LogP contribution in [-0.2, 0) is 0 Å². The lowest BCUT2D eigenvalue weighted by Gasteiger charge is -2.29. The second kappa shape index (κ2) is 4.48. The summed E-state index contributed by atoms with van der Waals surface area (Å²) in [5, 5.41) is 21.9. The van der Waals surface area contributed by atoms with E-state index in [0.29, 0.717) is 17.8 Å². The molecule has 1 aliphatic heterocycles. The summed E-state index contributed by atoms with van der Waals surface area (Å²) < 4.78 is 0. The van der Waals surface area contributed by atoms with Crippen LogP contribution in [-0.4, -0.2) is 16.4 Å². The van der Waals surface area contributed by atoms with Crippen LogP contribution in [0.3, 0.4) is 0 Å². The van der Waals surface area contributed by atoms with Crippen molar-refractivity contribution in [3.8, 4) is 5.75 Å². The van der Waals surface area contributed by atoms with E-state index in [1.165, 1.54) is 0 Å². The monoisotopic (exact) mass is 272 g/mol. The van der Waals surface area contributed by atoms with Gasteiger partial charge in [-0.15, -0.1) is 0 Å². The first-order valence-corrected chi connectivity index (χ1v) is 6.32. The lowest BCUT2D eigenvalue weighted by atomic mass is 9.86. The first-order valence-electron chi connectivity index (χ1n) is 6.32. The third-order valence-corrected chi connectivity index (χ3v) is 3.66. The normalized spacial score (nSPS) is 24.9. The maximum absolute atomic E-state index is 9.42. The minimum atomic E-state index is -0.0967. The zero-order chi connectivity index (χ0) is 14.3. The van der Waals surface area contributed by atoms with E-state index in [1.807, 2.05) is 0 Å². The Labute approximate surface area is 116 Å². The molecule has 2 unspecified atom stereocenters. The summed E-state index contributed by atoms with van der Waals surface area (Å²) in [5.74, 6) is 0.310. The van der Waals surface area contributed by atoms with E-state index in [-0.39, 0.29) is 23.5 Å². The first-order chi connectivity index (χ1) is 9.56. The molecule has 1 aromatic carbocycles. The lowest BCUT2D eigenvalue weighted by molar-refractivity contribution is 0.316. The van der Waals surface area contributed by atoms with Crippen LogP contribution in [0.4, 0.5) is 5.69 Å². The molecule has 1 heterocycles. The average molecular weight is 272 g/mol. The van der Waals surface area contributed by atoms with Gasteiger partial charge in [-0.25, -0.2) is 0 Å². The Balaban J connectivity index is 1.74. The fourth-order valence-electron chi connectivity index (χ4n) is 2.31. The minimum Gasteiger partial charge on any atom is -0.510 e. The topological polar surface area (TPSA) is 117 Å². The number of allylic oxidation sites excluding steroid dienone is 1. The Morgan fingerprint density at radius 3 is 2.60 bits per heavy atom. The summed E-state index contributed by atoms with van der Waals surface area (Å²) in [5.41, 5.74) is 14.0. The molecule has 1 aromatic rings. The third-order valence-electron chi connectivity index (χ3n) is 3.66. The molecule has 6 heteroatoms. The Kier molecular flexibility index (Phi) is 2.78. The minimum absolute atomic E-state index is 0.00964. The fraction of sp³-hybridized carbons (Fsp3) is 0.214. The predicted octanol–water partition coefficient (Wildman–Crippen LogP) is 1.28. The summed E-state index contributed by atoms with van der Waals surface area (Å²) in [6.07, 6.45) is 4.11. The fourth-order valence-corrected chi connectivity index (χ4v) is 2.31. The van der Waals surface area contributed by atoms with Gasteiger partial charge < -0.3 is 27.0 Å². The predicted molar refractivity (Wildman–Crippen MR) is 76.9 cm³/mol. The van der Waals surface area contributed by atoms with E-state index in [0.717, 1.165) is 11.3 Å². The molecule has 3 rings (SSSR count). The molecule has 0 fully saturated rings. The summed E-state index contributed by atoms with van der Waals surface area (Å²) in [6.45, 7) is 0. The highest BCUT2D eigenvalue weighted by molar-refractivity contribution is 5.71. The molecule has 6 nitrogen and oxygen atoms in total. The van der Waals surface area contributed by atoms with Gasteiger partial charge in [0.15, 0.2) is 0 Å². The van der Waals surface area contributed by atoms with Gasteiger partial charge >= 0.3 is 0 Å². The van der Waals surface area contributed by atoms with Gasteiger partial charge in [0.1, 0.15) is 11.5 Å². The highest BCUT2D eigenvalue weighted by Gasteiger charge is 2.31. The van der Waals surface area contributed by atoms with Crippen LogP contribution in [0.1, 0.15) is 18.0 Å². The number of hydrogen-bond donors (Lipinski definition) is 5. The van der Waals surface area contributed by atoms with Gasteiger partial charge in [-0.1, -0.05) is 6.07 Å². The molecule has 2 atom stereocenters. The first kappa shape index (κ1) is 12.4. The van der Waals surface area contributed by atoms with Crippen molar-refractivity contribution in [2.24, 2.45) is 16.6 Å². The molecule has 0 saturated carbocycles. The smallest absolute Gasteiger partial charge is 0.138 e. The SMILES string of the molecule is NC1=C(O)CC1C1=CNC(c2ccc(O)c(N)c2)C=N1. The van der Waals surface area contributed by atoms with E-state index < -0.39 is 0 Å². The van der Waals surface area contributed by atoms with Gasteiger partial charge in [0.25, 0.3) is 0 Å². The lowest BCUT2D eigenvalue weighted by Crippen LogP contribution is -2.29. The maximum atomic E-state index is 9.42. The summed E-state index contributed by atoms with van der Waals surface area (Å²) in [4.78, 5) is 4.39. The van der Waals surface area contributed by atoms with E-state index in [2.05, 4.69) is 10.3 Å². The van der Waals surface area contributed by atoms with E-state index >= 15 is 0 Å². The number of nitrogens with zero attached hydrogens (tertiary/aromatic N) is 1. The van der Waals surface area contributed by atoms with Crippen molar-refractivity contribution in [3.05, 3.63) is 47.1 Å². The molecular formula is C14H16N4O2. The number of nitrogens with one attached hydrogen (secondary N) is 1. The van der Waals surface area contributed by atoms with Crippen LogP contribution in [0.2, 0.25) is 0 Å². The Hall–Kier alpha value is -2.63. The summed E-state index contributed by atoms with van der Waals surface area (Å²) >= 11 is 0. The molecule has 0 amide bonds. The Morgan fingerprint density at radius 1 is 1.25 bits per heavy atom. The van der Waals surface area contributed by atoms with Crippen molar-refractivity contribution in [3.63, 3.8) is 0 Å². The highest BCUT2D eigenvalue weighted by atomic mass is 16.3. The van der Waals surface area contributed by atoms with Gasteiger partial charge in [0.05, 0.1) is 29.0 Å². The second-order valence-corrected chi connectivity index (χ2v) is 4.97. The van der Waals surface area contributed by atoms with Crippen molar-refractivity contribution in [1.29, 1.82) is 0 Å². The van der Waals surface area contributed by atoms with Gasteiger partial charge in [-0.3, -0.25) is 4.99 Å². The molecule has 0 saturated heterocycles. The Bertz CT molecular complexity index is 649. The van der Waals surface area contributed by atoms with Gasteiger partial charge in [-0.05, 0) is 17.7 Å². The van der Waals surface area contributed by atoms with Crippen molar-refractivity contribution in [1.82, 2.24) is 5.32 Å². The standard InChI is InChI=1S/C14H16N4O2/c15-9-3-7(1-2-12(9)19)10-5-18-11(6-17-10)8-4-13(20)14(8)16/h1-3,5-6,8,10,17,19-20H,4,15-16H2. The van der Waals surface area contributed by atoms with Crippen molar-refractivity contribution in [2.75, 3.05) is 5.73 Å². The molecule has 0 spiro atoms. The van der Waals surface area contributed by atoms with Gasteiger partial charge in [0.2, 0.25) is 0 Å². The number of phenols is 1. The van der Waals surface area contributed by atoms with Crippen LogP contribution in [0, 0.1) is 5.92 Å². The second-order valence-electron chi connectivity index (χ2n) is 4.97.